The SMILES string of the molecule is CC(O)CCc1sc2ccccc2[n+]1C. The quantitative estimate of drug-likeness (QED) is 0.790. The summed E-state index contributed by atoms with van der Waals surface area (Å²) in [5.41, 5.74) is 1.28. The number of fused-ring (bicyclic) bond motifs is 1. The van der Waals surface area contributed by atoms with Crippen LogP contribution in [0.15, 0.2) is 24.3 Å². The van der Waals surface area contributed by atoms with E-state index in [0.29, 0.717) is 0 Å². The lowest BCUT2D eigenvalue weighted by Crippen LogP contribution is -2.31. The van der Waals surface area contributed by atoms with Gasteiger partial charge >= 0.3 is 0 Å². The zero-order valence-electron chi connectivity index (χ0n) is 9.10. The summed E-state index contributed by atoms with van der Waals surface area (Å²) in [6, 6.07) is 8.41. The van der Waals surface area contributed by atoms with Crippen molar-refractivity contribution in [1.82, 2.24) is 0 Å². The number of aryl methyl sites for hydroxylation is 2. The number of thiazole rings is 1. The smallest absolute Gasteiger partial charge is 0.238 e. The van der Waals surface area contributed by atoms with Crippen LogP contribution >= 0.6 is 11.3 Å². The van der Waals surface area contributed by atoms with Gasteiger partial charge in [-0.3, -0.25) is 0 Å². The van der Waals surface area contributed by atoms with E-state index in [1.54, 1.807) is 0 Å². The Hall–Kier alpha value is -0.930. The average Bonchev–Trinajstić information content (AvgIpc) is 2.54. The molecule has 0 aliphatic rings. The summed E-state index contributed by atoms with van der Waals surface area (Å²) in [5.74, 6) is 0. The topological polar surface area (TPSA) is 24.1 Å². The number of rotatable bonds is 3. The van der Waals surface area contributed by atoms with Crippen LogP contribution in [0.3, 0.4) is 0 Å². The fourth-order valence-electron chi connectivity index (χ4n) is 1.70. The highest BCUT2D eigenvalue weighted by atomic mass is 32.1. The predicted molar refractivity (Wildman–Crippen MR) is 63.0 cm³/mol. The lowest BCUT2D eigenvalue weighted by molar-refractivity contribution is -0.648. The largest absolute Gasteiger partial charge is 0.393 e. The molecular weight excluding hydrogens is 206 g/mol. The van der Waals surface area contributed by atoms with Crippen molar-refractivity contribution >= 4 is 21.6 Å². The van der Waals surface area contributed by atoms with Gasteiger partial charge in [0.15, 0.2) is 0 Å². The van der Waals surface area contributed by atoms with E-state index in [-0.39, 0.29) is 6.10 Å². The number of para-hydroxylation sites is 1. The average molecular weight is 222 g/mol. The molecule has 0 bridgehead atoms. The highest BCUT2D eigenvalue weighted by molar-refractivity contribution is 7.18. The van der Waals surface area contributed by atoms with E-state index in [1.165, 1.54) is 15.2 Å². The molecule has 1 N–H and O–H groups in total. The first-order chi connectivity index (χ1) is 7.18. The Bertz CT molecular complexity index is 462. The van der Waals surface area contributed by atoms with Gasteiger partial charge in [-0.1, -0.05) is 23.5 Å². The maximum absolute atomic E-state index is 9.27. The normalized spacial score (nSPS) is 13.3. The first kappa shape index (κ1) is 10.6. The molecule has 80 valence electrons. The van der Waals surface area contributed by atoms with Gasteiger partial charge in [-0.15, -0.1) is 0 Å². The highest BCUT2D eigenvalue weighted by Crippen LogP contribution is 2.20. The molecule has 1 aromatic heterocycles. The van der Waals surface area contributed by atoms with E-state index in [1.807, 2.05) is 18.3 Å². The number of benzene rings is 1. The summed E-state index contributed by atoms with van der Waals surface area (Å²) < 4.78 is 3.54. The zero-order valence-corrected chi connectivity index (χ0v) is 9.92. The van der Waals surface area contributed by atoms with Crippen LogP contribution in [0.1, 0.15) is 18.4 Å². The number of nitrogens with zero attached hydrogens (tertiary/aromatic N) is 1. The minimum Gasteiger partial charge on any atom is -0.393 e. The molecule has 1 unspecified atom stereocenters. The summed E-state index contributed by atoms with van der Waals surface area (Å²) in [5, 5.41) is 10.6. The van der Waals surface area contributed by atoms with Crippen molar-refractivity contribution in [3.8, 4) is 0 Å². The van der Waals surface area contributed by atoms with Gasteiger partial charge in [-0.2, -0.15) is 4.57 Å². The number of aromatic nitrogens is 1. The van der Waals surface area contributed by atoms with Gasteiger partial charge in [0.1, 0.15) is 11.7 Å². The Balaban J connectivity index is 2.32. The fraction of sp³-hybridized carbons (Fsp3) is 0.417. The maximum atomic E-state index is 9.27. The molecule has 15 heavy (non-hydrogen) atoms. The van der Waals surface area contributed by atoms with Crippen LogP contribution < -0.4 is 4.57 Å². The van der Waals surface area contributed by atoms with Crippen LogP contribution in [0.4, 0.5) is 0 Å². The van der Waals surface area contributed by atoms with Crippen molar-refractivity contribution in [2.45, 2.75) is 25.9 Å². The number of hydrogen-bond donors (Lipinski definition) is 1. The van der Waals surface area contributed by atoms with Gasteiger partial charge in [-0.25, -0.2) is 0 Å². The minimum atomic E-state index is -0.213. The Morgan fingerprint density at radius 1 is 1.40 bits per heavy atom. The lowest BCUT2D eigenvalue weighted by Gasteiger charge is -1.98. The van der Waals surface area contributed by atoms with E-state index in [0.717, 1.165) is 12.8 Å². The van der Waals surface area contributed by atoms with Crippen molar-refractivity contribution in [2.24, 2.45) is 7.05 Å². The van der Waals surface area contributed by atoms with Crippen molar-refractivity contribution in [2.75, 3.05) is 0 Å². The van der Waals surface area contributed by atoms with E-state index in [4.69, 9.17) is 0 Å². The molecule has 0 fully saturated rings. The van der Waals surface area contributed by atoms with Crippen LogP contribution in [-0.4, -0.2) is 11.2 Å². The molecule has 1 aromatic carbocycles. The first-order valence-electron chi connectivity index (χ1n) is 5.23. The van der Waals surface area contributed by atoms with E-state index in [9.17, 15) is 5.11 Å². The monoisotopic (exact) mass is 222 g/mol. The highest BCUT2D eigenvalue weighted by Gasteiger charge is 2.16. The van der Waals surface area contributed by atoms with Crippen LogP contribution in [0.2, 0.25) is 0 Å². The molecule has 2 aromatic rings. The van der Waals surface area contributed by atoms with Crippen molar-refractivity contribution in [3.63, 3.8) is 0 Å². The fourth-order valence-corrected chi connectivity index (χ4v) is 2.87. The van der Waals surface area contributed by atoms with Crippen molar-refractivity contribution in [3.05, 3.63) is 29.3 Å². The molecule has 0 aliphatic heterocycles. The molecular formula is C12H16NOS+. The Kier molecular flexibility index (Phi) is 3.03. The maximum Gasteiger partial charge on any atom is 0.238 e. The summed E-state index contributed by atoms with van der Waals surface area (Å²) in [4.78, 5) is 0. The van der Waals surface area contributed by atoms with Crippen LogP contribution in [-0.2, 0) is 13.5 Å². The molecule has 0 aliphatic carbocycles. The van der Waals surface area contributed by atoms with E-state index >= 15 is 0 Å². The lowest BCUT2D eigenvalue weighted by atomic mass is 10.2. The minimum absolute atomic E-state index is 0.213. The summed E-state index contributed by atoms with van der Waals surface area (Å²) in [7, 11) is 2.09. The van der Waals surface area contributed by atoms with Crippen molar-refractivity contribution in [1.29, 1.82) is 0 Å². The molecule has 0 saturated heterocycles. The Labute approximate surface area is 93.8 Å². The molecule has 0 saturated carbocycles. The molecule has 3 heteroatoms. The summed E-state index contributed by atoms with van der Waals surface area (Å²) in [6.45, 7) is 1.84. The molecule has 1 heterocycles. The summed E-state index contributed by atoms with van der Waals surface area (Å²) in [6.07, 6.45) is 1.57. The van der Waals surface area contributed by atoms with Crippen LogP contribution in [0, 0.1) is 0 Å². The third-order valence-corrected chi connectivity index (χ3v) is 3.88. The standard InChI is InChI=1S/C12H16NOS/c1-9(14)7-8-12-13(2)10-5-3-4-6-11(10)15-12/h3-6,9,14H,7-8H2,1-2H3/q+1. The zero-order chi connectivity index (χ0) is 10.8. The van der Waals surface area contributed by atoms with Gasteiger partial charge in [0.2, 0.25) is 10.5 Å². The number of aliphatic hydroxyl groups is 1. The van der Waals surface area contributed by atoms with Crippen molar-refractivity contribution < 1.29 is 9.67 Å². The van der Waals surface area contributed by atoms with Crippen LogP contribution in [0.25, 0.3) is 10.2 Å². The van der Waals surface area contributed by atoms with Gasteiger partial charge in [0.05, 0.1) is 6.10 Å². The van der Waals surface area contributed by atoms with E-state index < -0.39 is 0 Å². The second-order valence-corrected chi connectivity index (χ2v) is 5.03. The second kappa shape index (κ2) is 4.29. The molecule has 0 spiro atoms. The second-order valence-electron chi connectivity index (χ2n) is 3.91. The van der Waals surface area contributed by atoms with E-state index in [2.05, 4.69) is 35.9 Å². The number of aliphatic hydroxyl groups excluding tert-OH is 1. The Morgan fingerprint density at radius 2 is 2.13 bits per heavy atom. The van der Waals surface area contributed by atoms with Crippen LogP contribution in [0.5, 0.6) is 0 Å². The van der Waals surface area contributed by atoms with Gasteiger partial charge in [0.25, 0.3) is 0 Å². The Morgan fingerprint density at radius 3 is 2.80 bits per heavy atom. The van der Waals surface area contributed by atoms with Gasteiger partial charge in [-0.05, 0) is 19.4 Å². The molecule has 2 nitrogen and oxygen atoms in total. The predicted octanol–water partition coefficient (Wildman–Crippen LogP) is 2.04. The molecule has 0 radical (unpaired) electrons. The number of hydrogen-bond acceptors (Lipinski definition) is 2. The summed E-state index contributed by atoms with van der Waals surface area (Å²) >= 11 is 1.82. The molecule has 2 rings (SSSR count). The molecule has 0 amide bonds. The molecule has 1 atom stereocenters. The van der Waals surface area contributed by atoms with Gasteiger partial charge < -0.3 is 5.11 Å². The van der Waals surface area contributed by atoms with Gasteiger partial charge in [0, 0.05) is 12.5 Å². The first-order valence-corrected chi connectivity index (χ1v) is 6.04. The third-order valence-electron chi connectivity index (χ3n) is 2.60. The third kappa shape index (κ3) is 2.19.